The largest absolute Gasteiger partial charge is 2.00 e. The van der Waals surface area contributed by atoms with E-state index in [1.165, 1.54) is 14.2 Å². The minimum atomic E-state index is -0.274. The number of fused-ring (bicyclic) bond motifs is 18. The average molecular weight is 774 g/mol. The molecule has 3 aromatic heterocycles. The van der Waals surface area contributed by atoms with E-state index in [0.717, 1.165) is 110 Å². The van der Waals surface area contributed by atoms with E-state index in [-0.39, 0.29) is 44.3 Å². The molecule has 0 fully saturated rings. The minimum absolute atomic E-state index is 0. The molecule has 8 nitrogen and oxygen atoms in total. The van der Waals surface area contributed by atoms with E-state index in [1.807, 2.05) is 36.4 Å². The fourth-order valence-electron chi connectivity index (χ4n) is 8.03. The summed E-state index contributed by atoms with van der Waals surface area (Å²) in [6.07, 6.45) is 1.39. The Hall–Kier alpha value is -5.92. The first-order chi connectivity index (χ1) is 26.3. The summed E-state index contributed by atoms with van der Waals surface area (Å²) in [4.78, 5) is 45.9. The Morgan fingerprint density at radius 1 is 0.527 bits per heavy atom. The predicted octanol–water partition coefficient (Wildman–Crippen LogP) is 9.95. The molecule has 9 heteroatoms. The van der Waals surface area contributed by atoms with Gasteiger partial charge in [0.15, 0.2) is 0 Å². The molecule has 0 unspecified atom stereocenters. The van der Waals surface area contributed by atoms with Crippen LogP contribution < -0.4 is 9.97 Å². The Labute approximate surface area is 330 Å². The van der Waals surface area contributed by atoms with Crippen LogP contribution in [-0.2, 0) is 38.5 Å². The molecule has 2 aliphatic heterocycles. The van der Waals surface area contributed by atoms with Crippen molar-refractivity contribution in [2.45, 2.75) is 39.5 Å². The van der Waals surface area contributed by atoms with Crippen molar-refractivity contribution < 1.29 is 38.5 Å². The van der Waals surface area contributed by atoms with Crippen molar-refractivity contribution in [2.75, 3.05) is 14.2 Å². The van der Waals surface area contributed by atoms with E-state index in [4.69, 9.17) is 29.4 Å². The van der Waals surface area contributed by atoms with E-state index in [0.29, 0.717) is 12.8 Å². The number of hydrogen-bond acceptors (Lipinski definition) is 6. The maximum absolute atomic E-state index is 12.4. The first kappa shape index (κ1) is 36.1. The summed E-state index contributed by atoms with van der Waals surface area (Å²) < 4.78 is 10.1. The second kappa shape index (κ2) is 14.4. The molecule has 0 aliphatic carbocycles. The van der Waals surface area contributed by atoms with Gasteiger partial charge in [0, 0.05) is 12.8 Å². The number of benzene rings is 4. The van der Waals surface area contributed by atoms with Crippen LogP contribution in [0.5, 0.6) is 0 Å². The quantitative estimate of drug-likeness (QED) is 0.121. The number of hydrogen-bond donors (Lipinski definition) is 0. The maximum atomic E-state index is 12.4. The van der Waals surface area contributed by atoms with Crippen molar-refractivity contribution in [3.05, 3.63) is 120 Å². The zero-order valence-electron chi connectivity index (χ0n) is 31.2. The fraction of sp³-hybridized carbons (Fsp3) is 0.174. The third kappa shape index (κ3) is 6.22. The molecule has 4 aromatic carbocycles. The van der Waals surface area contributed by atoms with Crippen molar-refractivity contribution in [3.8, 4) is 0 Å². The number of carbonyl (C=O) groups is 2. The van der Waals surface area contributed by atoms with Crippen molar-refractivity contribution >= 4 is 99.4 Å². The topological polar surface area (TPSA) is 107 Å². The number of methoxy groups -OCH3 is 2. The van der Waals surface area contributed by atoms with E-state index in [9.17, 15) is 9.59 Å². The molecule has 7 aromatic rings. The molecule has 266 valence electrons. The Kier molecular flexibility index (Phi) is 9.44. The molecular formula is C46H36N4O4Zn. The summed E-state index contributed by atoms with van der Waals surface area (Å²) in [6.45, 7) is 4.11. The summed E-state index contributed by atoms with van der Waals surface area (Å²) in [7, 11) is 2.83. The van der Waals surface area contributed by atoms with Crippen LogP contribution in [0.15, 0.2) is 97.1 Å². The zero-order chi connectivity index (χ0) is 37.1. The third-order valence-corrected chi connectivity index (χ3v) is 10.9. The Bertz CT molecular complexity index is 2790. The van der Waals surface area contributed by atoms with Gasteiger partial charge in [-0.15, -0.1) is 22.1 Å². The Morgan fingerprint density at radius 3 is 1.35 bits per heavy atom. The molecule has 0 saturated carbocycles. The standard InChI is InChI=1S/C46H36N4O4.Zn/c1-25-29(17-19-43(51)53-3)37-23-39-33-15-13-28-10-6-8-12-32(28)46(33)42(50-39)22-36-26(2)30(18-20-44(52)54-4)38(48-36)24-40-34-16-14-27-9-5-7-11-31(27)45(34)41(49-40)21-35(25)47-37;/h5-16,21-24H,17-20H2,1-4H3;/q-2;+2. The second-order valence-corrected chi connectivity index (χ2v) is 13.9. The van der Waals surface area contributed by atoms with Gasteiger partial charge >= 0.3 is 31.4 Å². The van der Waals surface area contributed by atoms with Gasteiger partial charge in [0.1, 0.15) is 0 Å². The Balaban J connectivity index is 0.00000427. The molecule has 0 saturated heterocycles. The van der Waals surface area contributed by atoms with Gasteiger partial charge in [-0.25, -0.2) is 9.97 Å². The van der Waals surface area contributed by atoms with E-state index in [1.54, 1.807) is 0 Å². The third-order valence-electron chi connectivity index (χ3n) is 10.9. The summed E-state index contributed by atoms with van der Waals surface area (Å²) in [5.41, 5.74) is 10.1. The van der Waals surface area contributed by atoms with Crippen molar-refractivity contribution in [1.29, 1.82) is 0 Å². The van der Waals surface area contributed by atoms with Gasteiger partial charge in [-0.3, -0.25) is 9.59 Å². The molecule has 0 spiro atoms. The zero-order valence-corrected chi connectivity index (χ0v) is 34.2. The van der Waals surface area contributed by atoms with Crippen LogP contribution in [0.2, 0.25) is 0 Å². The van der Waals surface area contributed by atoms with Crippen molar-refractivity contribution in [3.63, 3.8) is 0 Å². The van der Waals surface area contributed by atoms with Crippen LogP contribution in [0.4, 0.5) is 0 Å². The molecule has 55 heavy (non-hydrogen) atoms. The number of carbonyl (C=O) groups excluding carboxylic acids is 2. The summed E-state index contributed by atoms with van der Waals surface area (Å²) in [6, 6.07) is 33.3. The minimum Gasteiger partial charge on any atom is -0.657 e. The monoisotopic (exact) mass is 772 g/mol. The number of ether oxygens (including phenoxy) is 2. The van der Waals surface area contributed by atoms with Crippen LogP contribution in [0.3, 0.4) is 0 Å². The van der Waals surface area contributed by atoms with Gasteiger partial charge in [-0.05, 0) is 92.1 Å². The summed E-state index contributed by atoms with van der Waals surface area (Å²) in [5, 5.41) is 8.45. The van der Waals surface area contributed by atoms with Gasteiger partial charge in [0.25, 0.3) is 0 Å². The van der Waals surface area contributed by atoms with Crippen LogP contribution in [0.25, 0.3) is 87.4 Å². The van der Waals surface area contributed by atoms with Crippen LogP contribution in [0, 0.1) is 0 Å². The smallest absolute Gasteiger partial charge is 0.657 e. The summed E-state index contributed by atoms with van der Waals surface area (Å²) >= 11 is 0. The number of nitrogens with zero attached hydrogens (tertiary/aromatic N) is 4. The van der Waals surface area contributed by atoms with Gasteiger partial charge in [0.05, 0.1) is 37.0 Å². The molecule has 0 radical (unpaired) electrons. The first-order valence-electron chi connectivity index (χ1n) is 18.1. The molecule has 5 heterocycles. The van der Waals surface area contributed by atoms with Gasteiger partial charge in [0.2, 0.25) is 0 Å². The van der Waals surface area contributed by atoms with Crippen molar-refractivity contribution in [2.24, 2.45) is 0 Å². The Morgan fingerprint density at radius 2 is 0.927 bits per heavy atom. The molecule has 2 aliphatic rings. The fourth-order valence-corrected chi connectivity index (χ4v) is 8.03. The molecular weight excluding hydrogens is 738 g/mol. The van der Waals surface area contributed by atoms with Gasteiger partial charge in [-0.2, -0.15) is 0 Å². The van der Waals surface area contributed by atoms with Crippen LogP contribution in [0.1, 0.15) is 62.3 Å². The molecule has 8 bridgehead atoms. The molecule has 0 atom stereocenters. The van der Waals surface area contributed by atoms with Gasteiger partial charge in [-0.1, -0.05) is 97.1 Å². The average Bonchev–Trinajstić information content (AvgIpc) is 3.90. The van der Waals surface area contributed by atoms with Gasteiger partial charge < -0.3 is 19.4 Å². The van der Waals surface area contributed by atoms with Crippen molar-refractivity contribution in [1.82, 2.24) is 19.9 Å². The molecule has 0 amide bonds. The van der Waals surface area contributed by atoms with Crippen LogP contribution >= 0.6 is 0 Å². The number of esters is 2. The maximum Gasteiger partial charge on any atom is 2.00 e. The van der Waals surface area contributed by atoms with E-state index in [2.05, 4.69) is 74.5 Å². The predicted molar refractivity (Wildman–Crippen MR) is 216 cm³/mol. The van der Waals surface area contributed by atoms with E-state index >= 15 is 0 Å². The number of allylic oxidation sites excluding steroid dienone is 4. The number of rotatable bonds is 6. The van der Waals surface area contributed by atoms with E-state index < -0.39 is 0 Å². The second-order valence-electron chi connectivity index (χ2n) is 13.9. The first-order valence-corrected chi connectivity index (χ1v) is 18.1. The molecule has 0 N–H and O–H groups in total. The molecule has 9 rings (SSSR count). The normalized spacial score (nSPS) is 12.9. The summed E-state index contributed by atoms with van der Waals surface area (Å²) in [5.74, 6) is -0.549. The SMILES string of the molecule is COC(=O)CCC1=C(C)c2cc3[n-]c(cc4nc(cc5[n-]c(cc1n2)c1ccc2ccccc2c51)C(C)=C4CCC(=O)OC)c1ccc2ccccc2c31.[Zn+2]. The number of aromatic nitrogens is 4. The van der Waals surface area contributed by atoms with Crippen LogP contribution in [-0.4, -0.2) is 36.1 Å².